The number of imidazole rings is 1. The molecule has 0 saturated carbocycles. The first kappa shape index (κ1) is 12.6. The Balaban J connectivity index is 2.28. The standard InChI is InChI=1S/C14H25N3/c1-4-12(5-2)13-10-16-11-17(13)14(3)6-8-15-9-7-14/h10-12,15H,4-9H2,1-3H3. The molecule has 1 fully saturated rings. The highest BCUT2D eigenvalue weighted by Gasteiger charge is 2.31. The molecule has 0 amide bonds. The second kappa shape index (κ2) is 5.21. The van der Waals surface area contributed by atoms with E-state index in [4.69, 9.17) is 0 Å². The van der Waals surface area contributed by atoms with Crippen LogP contribution in [0.15, 0.2) is 12.5 Å². The van der Waals surface area contributed by atoms with Crippen LogP contribution in [-0.2, 0) is 5.54 Å². The van der Waals surface area contributed by atoms with Crippen molar-refractivity contribution in [3.05, 3.63) is 18.2 Å². The van der Waals surface area contributed by atoms with E-state index < -0.39 is 0 Å². The van der Waals surface area contributed by atoms with E-state index in [1.165, 1.54) is 31.4 Å². The molecule has 0 bridgehead atoms. The fourth-order valence-electron chi connectivity index (χ4n) is 2.97. The van der Waals surface area contributed by atoms with Gasteiger partial charge in [0.2, 0.25) is 0 Å². The number of rotatable bonds is 4. The van der Waals surface area contributed by atoms with E-state index in [0.717, 1.165) is 13.1 Å². The van der Waals surface area contributed by atoms with Crippen molar-refractivity contribution < 1.29 is 0 Å². The van der Waals surface area contributed by atoms with Crippen molar-refractivity contribution >= 4 is 0 Å². The van der Waals surface area contributed by atoms with Gasteiger partial charge in [-0.25, -0.2) is 4.98 Å². The number of piperidine rings is 1. The van der Waals surface area contributed by atoms with Gasteiger partial charge in [-0.1, -0.05) is 13.8 Å². The van der Waals surface area contributed by atoms with Crippen molar-refractivity contribution in [2.75, 3.05) is 13.1 Å². The van der Waals surface area contributed by atoms with Gasteiger partial charge in [-0.05, 0) is 45.7 Å². The lowest BCUT2D eigenvalue weighted by molar-refractivity contribution is 0.222. The monoisotopic (exact) mass is 235 g/mol. The van der Waals surface area contributed by atoms with Crippen LogP contribution >= 0.6 is 0 Å². The van der Waals surface area contributed by atoms with E-state index >= 15 is 0 Å². The quantitative estimate of drug-likeness (QED) is 0.869. The van der Waals surface area contributed by atoms with Gasteiger partial charge in [0.15, 0.2) is 0 Å². The highest BCUT2D eigenvalue weighted by molar-refractivity contribution is 5.10. The largest absolute Gasteiger partial charge is 0.328 e. The third-order valence-corrected chi connectivity index (χ3v) is 4.33. The summed E-state index contributed by atoms with van der Waals surface area (Å²) in [4.78, 5) is 4.40. The lowest BCUT2D eigenvalue weighted by atomic mass is 9.88. The zero-order valence-corrected chi connectivity index (χ0v) is 11.4. The molecule has 0 spiro atoms. The van der Waals surface area contributed by atoms with Crippen LogP contribution in [0.1, 0.15) is 58.1 Å². The van der Waals surface area contributed by atoms with Gasteiger partial charge in [0.25, 0.3) is 0 Å². The van der Waals surface area contributed by atoms with Gasteiger partial charge in [-0.3, -0.25) is 0 Å². The lowest BCUT2D eigenvalue weighted by Gasteiger charge is -2.37. The summed E-state index contributed by atoms with van der Waals surface area (Å²) in [6.07, 6.45) is 8.93. The Morgan fingerprint density at radius 2 is 2.00 bits per heavy atom. The lowest BCUT2D eigenvalue weighted by Crippen LogP contribution is -2.42. The first-order chi connectivity index (χ1) is 8.21. The topological polar surface area (TPSA) is 29.9 Å². The number of nitrogens with one attached hydrogen (secondary N) is 1. The Bertz CT molecular complexity index is 346. The molecule has 1 aliphatic heterocycles. The van der Waals surface area contributed by atoms with Crippen LogP contribution in [0.25, 0.3) is 0 Å². The average Bonchev–Trinajstić information content (AvgIpc) is 2.82. The average molecular weight is 235 g/mol. The predicted octanol–water partition coefficient (Wildman–Crippen LogP) is 2.89. The molecule has 17 heavy (non-hydrogen) atoms. The maximum absolute atomic E-state index is 4.40. The van der Waals surface area contributed by atoms with Gasteiger partial charge in [-0.15, -0.1) is 0 Å². The first-order valence-corrected chi connectivity index (χ1v) is 6.94. The van der Waals surface area contributed by atoms with Crippen LogP contribution in [0.5, 0.6) is 0 Å². The van der Waals surface area contributed by atoms with E-state index in [0.29, 0.717) is 5.92 Å². The predicted molar refractivity (Wildman–Crippen MR) is 71.3 cm³/mol. The maximum atomic E-state index is 4.40. The summed E-state index contributed by atoms with van der Waals surface area (Å²) in [5, 5.41) is 3.44. The number of hydrogen-bond donors (Lipinski definition) is 1. The van der Waals surface area contributed by atoms with Gasteiger partial charge in [0.05, 0.1) is 6.33 Å². The third-order valence-electron chi connectivity index (χ3n) is 4.33. The molecule has 2 heterocycles. The number of hydrogen-bond acceptors (Lipinski definition) is 2. The zero-order chi connectivity index (χ0) is 12.3. The van der Waals surface area contributed by atoms with Crippen molar-refractivity contribution in [3.63, 3.8) is 0 Å². The van der Waals surface area contributed by atoms with E-state index in [1.807, 2.05) is 6.33 Å². The molecule has 0 unspecified atom stereocenters. The minimum Gasteiger partial charge on any atom is -0.328 e. The van der Waals surface area contributed by atoms with E-state index in [-0.39, 0.29) is 5.54 Å². The number of nitrogens with zero attached hydrogens (tertiary/aromatic N) is 2. The molecule has 0 atom stereocenters. The molecule has 0 aromatic carbocycles. The molecule has 3 heteroatoms. The number of aromatic nitrogens is 2. The summed E-state index contributed by atoms with van der Waals surface area (Å²) < 4.78 is 2.45. The molecule has 1 N–H and O–H groups in total. The maximum Gasteiger partial charge on any atom is 0.0953 e. The fourth-order valence-corrected chi connectivity index (χ4v) is 2.97. The summed E-state index contributed by atoms with van der Waals surface area (Å²) in [5.41, 5.74) is 1.69. The summed E-state index contributed by atoms with van der Waals surface area (Å²) in [6, 6.07) is 0. The molecule has 2 rings (SSSR count). The Morgan fingerprint density at radius 3 is 2.59 bits per heavy atom. The molecular formula is C14H25N3. The third kappa shape index (κ3) is 2.39. The Kier molecular flexibility index (Phi) is 3.87. The zero-order valence-electron chi connectivity index (χ0n) is 11.4. The van der Waals surface area contributed by atoms with E-state index in [2.05, 4.69) is 41.8 Å². The highest BCUT2D eigenvalue weighted by Crippen LogP contribution is 2.32. The molecule has 0 radical (unpaired) electrons. The second-order valence-electron chi connectivity index (χ2n) is 5.45. The Morgan fingerprint density at radius 1 is 1.35 bits per heavy atom. The van der Waals surface area contributed by atoms with Crippen molar-refractivity contribution in [2.24, 2.45) is 0 Å². The van der Waals surface area contributed by atoms with Crippen molar-refractivity contribution in [1.29, 1.82) is 0 Å². The van der Waals surface area contributed by atoms with Crippen molar-refractivity contribution in [1.82, 2.24) is 14.9 Å². The molecule has 1 saturated heterocycles. The van der Waals surface area contributed by atoms with Gasteiger partial charge >= 0.3 is 0 Å². The summed E-state index contributed by atoms with van der Waals surface area (Å²) in [6.45, 7) is 9.17. The minimum absolute atomic E-state index is 0.264. The molecule has 96 valence electrons. The smallest absolute Gasteiger partial charge is 0.0953 e. The van der Waals surface area contributed by atoms with E-state index in [1.54, 1.807) is 0 Å². The fraction of sp³-hybridized carbons (Fsp3) is 0.786. The van der Waals surface area contributed by atoms with E-state index in [9.17, 15) is 0 Å². The minimum atomic E-state index is 0.264. The highest BCUT2D eigenvalue weighted by atomic mass is 15.1. The molecule has 0 aliphatic carbocycles. The molecule has 3 nitrogen and oxygen atoms in total. The van der Waals surface area contributed by atoms with Gasteiger partial charge in [0, 0.05) is 23.3 Å². The van der Waals surface area contributed by atoms with Crippen molar-refractivity contribution in [2.45, 2.75) is 57.9 Å². The second-order valence-corrected chi connectivity index (χ2v) is 5.45. The summed E-state index contributed by atoms with van der Waals surface area (Å²) in [5.74, 6) is 0.657. The van der Waals surface area contributed by atoms with Crippen LogP contribution in [0, 0.1) is 0 Å². The van der Waals surface area contributed by atoms with Gasteiger partial charge in [0.1, 0.15) is 0 Å². The molecule has 1 aromatic heterocycles. The SMILES string of the molecule is CCC(CC)c1cncn1C1(C)CCNCC1. The van der Waals surface area contributed by atoms with Gasteiger partial charge in [-0.2, -0.15) is 0 Å². The Hall–Kier alpha value is -0.830. The molecule has 1 aliphatic rings. The van der Waals surface area contributed by atoms with Crippen LogP contribution < -0.4 is 5.32 Å². The van der Waals surface area contributed by atoms with Crippen LogP contribution in [0.4, 0.5) is 0 Å². The van der Waals surface area contributed by atoms with Crippen LogP contribution in [0.2, 0.25) is 0 Å². The Labute approximate surface area is 105 Å². The van der Waals surface area contributed by atoms with Crippen LogP contribution in [-0.4, -0.2) is 22.6 Å². The van der Waals surface area contributed by atoms with Crippen molar-refractivity contribution in [3.8, 4) is 0 Å². The van der Waals surface area contributed by atoms with Crippen LogP contribution in [0.3, 0.4) is 0 Å². The first-order valence-electron chi connectivity index (χ1n) is 6.94. The summed E-state index contributed by atoms with van der Waals surface area (Å²) >= 11 is 0. The molecule has 1 aromatic rings. The normalized spacial score (nSPS) is 19.8. The molecular weight excluding hydrogens is 210 g/mol. The van der Waals surface area contributed by atoms with Gasteiger partial charge < -0.3 is 9.88 Å². The summed E-state index contributed by atoms with van der Waals surface area (Å²) in [7, 11) is 0.